The summed E-state index contributed by atoms with van der Waals surface area (Å²) in [6, 6.07) is 6.19. The second-order valence-corrected chi connectivity index (χ2v) is 6.23. The van der Waals surface area contributed by atoms with E-state index >= 15 is 0 Å². The van der Waals surface area contributed by atoms with Gasteiger partial charge in [-0.15, -0.1) is 0 Å². The average molecular weight is 335 g/mol. The largest absolute Gasteiger partial charge is 0.433 e. The predicted octanol–water partition coefficient (Wildman–Crippen LogP) is 2.67. The molecule has 126 valence electrons. The SMILES string of the molecule is Cc1ccnc(N2CC3CC(C2)N3c2cccc(C(F)(F)F)n2)n1. The molecule has 0 N–H and O–H groups in total. The van der Waals surface area contributed by atoms with E-state index in [1.807, 2.05) is 17.9 Å². The molecule has 3 aliphatic rings. The lowest BCUT2D eigenvalue weighted by Crippen LogP contribution is -2.69. The molecule has 0 radical (unpaired) electrons. The van der Waals surface area contributed by atoms with E-state index in [0.29, 0.717) is 24.9 Å². The van der Waals surface area contributed by atoms with Gasteiger partial charge in [-0.2, -0.15) is 13.2 Å². The maximum Gasteiger partial charge on any atom is 0.433 e. The van der Waals surface area contributed by atoms with Crippen molar-refractivity contribution in [2.45, 2.75) is 31.6 Å². The molecular formula is C16H16F3N5. The molecule has 3 aliphatic heterocycles. The summed E-state index contributed by atoms with van der Waals surface area (Å²) in [5.41, 5.74) is 0.0551. The first kappa shape index (κ1) is 15.2. The number of fused-ring (bicyclic) bond motifs is 2. The summed E-state index contributed by atoms with van der Waals surface area (Å²) in [7, 11) is 0. The molecule has 0 amide bonds. The summed E-state index contributed by atoms with van der Waals surface area (Å²) in [6.07, 6.45) is -1.73. The maximum atomic E-state index is 12.9. The minimum Gasteiger partial charge on any atom is -0.347 e. The molecule has 2 aromatic heterocycles. The van der Waals surface area contributed by atoms with Crippen molar-refractivity contribution in [3.63, 3.8) is 0 Å². The third-order valence-electron chi connectivity index (χ3n) is 4.55. The number of rotatable bonds is 2. The number of hydrogen-bond acceptors (Lipinski definition) is 5. The van der Waals surface area contributed by atoms with Gasteiger partial charge in [0.25, 0.3) is 0 Å². The summed E-state index contributed by atoms with van der Waals surface area (Å²) in [5, 5.41) is 0. The molecule has 2 aromatic rings. The lowest BCUT2D eigenvalue weighted by molar-refractivity contribution is -0.141. The molecule has 0 spiro atoms. The average Bonchev–Trinajstić information content (AvgIpc) is 2.54. The third-order valence-corrected chi connectivity index (χ3v) is 4.55. The number of anilines is 2. The van der Waals surface area contributed by atoms with Gasteiger partial charge in [-0.3, -0.25) is 0 Å². The molecule has 3 fully saturated rings. The molecule has 5 rings (SSSR count). The zero-order chi connectivity index (χ0) is 16.9. The highest BCUT2D eigenvalue weighted by Gasteiger charge is 2.46. The van der Waals surface area contributed by atoms with Crippen LogP contribution in [0.1, 0.15) is 17.8 Å². The summed E-state index contributed by atoms with van der Waals surface area (Å²) >= 11 is 0. The standard InChI is InChI=1S/C16H16F3N5/c1-10-5-6-20-15(21-10)23-8-11-7-12(9-23)24(11)14-4-2-3-13(22-14)16(17,18)19/h2-6,11-12H,7-9H2,1H3. The number of piperidine rings is 1. The van der Waals surface area contributed by atoms with Crippen molar-refractivity contribution in [1.29, 1.82) is 0 Å². The molecule has 0 saturated carbocycles. The first-order valence-corrected chi connectivity index (χ1v) is 7.79. The smallest absolute Gasteiger partial charge is 0.347 e. The van der Waals surface area contributed by atoms with Crippen LogP contribution in [0.5, 0.6) is 0 Å². The quantitative estimate of drug-likeness (QED) is 0.844. The number of nitrogens with zero attached hydrogens (tertiary/aromatic N) is 5. The molecule has 5 nitrogen and oxygen atoms in total. The minimum absolute atomic E-state index is 0.142. The van der Waals surface area contributed by atoms with E-state index in [2.05, 4.69) is 19.9 Å². The Kier molecular flexibility index (Phi) is 3.36. The highest BCUT2D eigenvalue weighted by molar-refractivity contribution is 5.51. The van der Waals surface area contributed by atoms with Gasteiger partial charge in [0.1, 0.15) is 11.5 Å². The summed E-state index contributed by atoms with van der Waals surface area (Å²) in [5.74, 6) is 1.08. The Bertz CT molecular complexity index is 751. The van der Waals surface area contributed by atoms with Crippen LogP contribution in [0.25, 0.3) is 0 Å². The number of alkyl halides is 3. The Hall–Kier alpha value is -2.38. The second-order valence-electron chi connectivity index (χ2n) is 6.23. The Balaban J connectivity index is 1.54. The molecule has 5 heterocycles. The predicted molar refractivity (Wildman–Crippen MR) is 82.9 cm³/mol. The lowest BCUT2D eigenvalue weighted by Gasteiger charge is -2.56. The van der Waals surface area contributed by atoms with Gasteiger partial charge in [-0.1, -0.05) is 6.07 Å². The number of pyridine rings is 1. The molecule has 24 heavy (non-hydrogen) atoms. The Morgan fingerprint density at radius 3 is 2.50 bits per heavy atom. The molecule has 2 atom stereocenters. The van der Waals surface area contributed by atoms with E-state index < -0.39 is 11.9 Å². The fraction of sp³-hybridized carbons (Fsp3) is 0.438. The molecule has 0 aliphatic carbocycles. The van der Waals surface area contributed by atoms with Crippen LogP contribution in [0.15, 0.2) is 30.5 Å². The van der Waals surface area contributed by atoms with Crippen LogP contribution >= 0.6 is 0 Å². The van der Waals surface area contributed by atoms with E-state index in [9.17, 15) is 13.2 Å². The Morgan fingerprint density at radius 2 is 1.83 bits per heavy atom. The number of hydrogen-bond donors (Lipinski definition) is 0. The molecule has 0 aromatic carbocycles. The minimum atomic E-state index is -4.42. The maximum absolute atomic E-state index is 12.9. The van der Waals surface area contributed by atoms with Crippen molar-refractivity contribution in [3.8, 4) is 0 Å². The van der Waals surface area contributed by atoms with Crippen LogP contribution in [0, 0.1) is 6.92 Å². The van der Waals surface area contributed by atoms with Crippen LogP contribution < -0.4 is 9.80 Å². The number of piperazine rings is 1. The molecular weight excluding hydrogens is 319 g/mol. The zero-order valence-corrected chi connectivity index (χ0v) is 13.0. The highest BCUT2D eigenvalue weighted by Crippen LogP contribution is 2.38. The van der Waals surface area contributed by atoms with E-state index in [1.54, 1.807) is 12.3 Å². The van der Waals surface area contributed by atoms with Gasteiger partial charge < -0.3 is 9.80 Å². The van der Waals surface area contributed by atoms with Crippen molar-refractivity contribution in [1.82, 2.24) is 15.0 Å². The Morgan fingerprint density at radius 1 is 1.08 bits per heavy atom. The number of aromatic nitrogens is 3. The van der Waals surface area contributed by atoms with Gasteiger partial charge in [0.2, 0.25) is 5.95 Å². The summed E-state index contributed by atoms with van der Waals surface area (Å²) in [4.78, 5) is 16.6. The van der Waals surface area contributed by atoms with Crippen molar-refractivity contribution in [2.75, 3.05) is 22.9 Å². The monoisotopic (exact) mass is 335 g/mol. The molecule has 2 unspecified atom stereocenters. The van der Waals surface area contributed by atoms with Gasteiger partial charge in [0, 0.05) is 25.0 Å². The summed E-state index contributed by atoms with van der Waals surface area (Å²) in [6.45, 7) is 3.30. The van der Waals surface area contributed by atoms with Gasteiger partial charge in [-0.05, 0) is 31.5 Å². The highest BCUT2D eigenvalue weighted by atomic mass is 19.4. The molecule has 8 heteroatoms. The van der Waals surface area contributed by atoms with Crippen molar-refractivity contribution in [2.24, 2.45) is 0 Å². The van der Waals surface area contributed by atoms with Crippen molar-refractivity contribution >= 4 is 11.8 Å². The molecule has 3 saturated heterocycles. The van der Waals surface area contributed by atoms with E-state index in [1.165, 1.54) is 6.07 Å². The van der Waals surface area contributed by atoms with E-state index in [-0.39, 0.29) is 12.1 Å². The number of halogens is 3. The van der Waals surface area contributed by atoms with Gasteiger partial charge in [0.05, 0.1) is 12.1 Å². The van der Waals surface area contributed by atoms with Crippen LogP contribution in [0.2, 0.25) is 0 Å². The van der Waals surface area contributed by atoms with Crippen LogP contribution in [-0.4, -0.2) is 40.1 Å². The van der Waals surface area contributed by atoms with Crippen LogP contribution in [0.4, 0.5) is 24.9 Å². The van der Waals surface area contributed by atoms with Gasteiger partial charge >= 0.3 is 6.18 Å². The van der Waals surface area contributed by atoms with Gasteiger partial charge in [-0.25, -0.2) is 15.0 Å². The van der Waals surface area contributed by atoms with Crippen LogP contribution in [0.3, 0.4) is 0 Å². The fourth-order valence-corrected chi connectivity index (χ4v) is 3.46. The zero-order valence-electron chi connectivity index (χ0n) is 13.0. The first-order valence-electron chi connectivity index (χ1n) is 7.79. The lowest BCUT2D eigenvalue weighted by atomic mass is 9.87. The van der Waals surface area contributed by atoms with Crippen molar-refractivity contribution < 1.29 is 13.2 Å². The van der Waals surface area contributed by atoms with Gasteiger partial charge in [0.15, 0.2) is 0 Å². The fourth-order valence-electron chi connectivity index (χ4n) is 3.46. The molecule has 2 bridgehead atoms. The topological polar surface area (TPSA) is 45.2 Å². The summed E-state index contributed by atoms with van der Waals surface area (Å²) < 4.78 is 38.6. The van der Waals surface area contributed by atoms with Crippen molar-refractivity contribution in [3.05, 3.63) is 41.9 Å². The second kappa shape index (κ2) is 5.32. The third kappa shape index (κ3) is 2.55. The van der Waals surface area contributed by atoms with Crippen LogP contribution in [-0.2, 0) is 6.18 Å². The van der Waals surface area contributed by atoms with E-state index in [0.717, 1.165) is 18.2 Å². The number of aryl methyl sites for hydroxylation is 1. The normalized spacial score (nSPS) is 23.2. The Labute approximate surface area is 137 Å². The first-order chi connectivity index (χ1) is 11.4. The van der Waals surface area contributed by atoms with E-state index in [4.69, 9.17) is 0 Å².